The number of amides is 1. The number of primary amides is 1. The van der Waals surface area contributed by atoms with Gasteiger partial charge in [-0.1, -0.05) is 59.8 Å². The number of anilines is 1. The Bertz CT molecular complexity index is 1280. The normalized spacial score (nSPS) is 17.1. The Morgan fingerprint density at radius 3 is 2.61 bits per heavy atom. The number of hydrogen-bond donors (Lipinski definition) is 3. The van der Waals surface area contributed by atoms with Crippen LogP contribution in [0.15, 0.2) is 79.0 Å². The molecule has 3 aromatic carbocycles. The molecule has 0 aliphatic heterocycles. The molecule has 5 rings (SSSR count). The maximum Gasteiger partial charge on any atom is 0.249 e. The topological polar surface area (TPSA) is 112 Å². The molecule has 1 aliphatic rings. The number of carbonyl (C=O) groups is 1. The fourth-order valence-corrected chi connectivity index (χ4v) is 4.28. The zero-order chi connectivity index (χ0) is 22.8. The highest BCUT2D eigenvalue weighted by Gasteiger charge is 2.37. The molecule has 1 amide bonds. The monoisotopic (exact) mass is 438 g/mol. The quantitative estimate of drug-likeness (QED) is 0.365. The van der Waals surface area contributed by atoms with E-state index in [1.54, 1.807) is 10.7 Å². The summed E-state index contributed by atoms with van der Waals surface area (Å²) in [5.41, 5.74) is 17.6. The first-order chi connectivity index (χ1) is 16.1. The molecule has 0 bridgehead atoms. The number of benzene rings is 3. The summed E-state index contributed by atoms with van der Waals surface area (Å²) < 4.78 is 1.80. The molecule has 0 spiro atoms. The van der Waals surface area contributed by atoms with E-state index in [2.05, 4.69) is 39.9 Å². The van der Waals surface area contributed by atoms with Gasteiger partial charge < -0.3 is 16.8 Å². The molecule has 1 fully saturated rings. The molecule has 166 valence electrons. The van der Waals surface area contributed by atoms with Crippen molar-refractivity contribution in [1.82, 2.24) is 20.3 Å². The van der Waals surface area contributed by atoms with Gasteiger partial charge in [-0.15, -0.1) is 5.10 Å². The van der Waals surface area contributed by atoms with E-state index in [1.807, 2.05) is 48.7 Å². The summed E-state index contributed by atoms with van der Waals surface area (Å²) in [6.45, 7) is 1.21. The van der Waals surface area contributed by atoms with E-state index < -0.39 is 5.91 Å². The van der Waals surface area contributed by atoms with Gasteiger partial charge in [0.05, 0.1) is 18.4 Å². The summed E-state index contributed by atoms with van der Waals surface area (Å²) in [6.07, 6.45) is 3.10. The molecule has 33 heavy (non-hydrogen) atoms. The van der Waals surface area contributed by atoms with Crippen LogP contribution in [0.25, 0.3) is 11.1 Å². The average Bonchev–Trinajstić information content (AvgIpc) is 3.48. The number of carbonyl (C=O) groups excluding carboxylic acids is 1. The summed E-state index contributed by atoms with van der Waals surface area (Å²) in [6, 6.07) is 24.1. The van der Waals surface area contributed by atoms with E-state index in [0.717, 1.165) is 28.8 Å². The van der Waals surface area contributed by atoms with Gasteiger partial charge in [0.25, 0.3) is 0 Å². The summed E-state index contributed by atoms with van der Waals surface area (Å²) in [5.74, 6) is 0.0941. The lowest BCUT2D eigenvalue weighted by molar-refractivity contribution is 0.100. The van der Waals surface area contributed by atoms with E-state index in [4.69, 9.17) is 11.5 Å². The Hall–Kier alpha value is -3.97. The highest BCUT2D eigenvalue weighted by atomic mass is 16.1. The molecule has 2 atom stereocenters. The Kier molecular flexibility index (Phi) is 5.62. The van der Waals surface area contributed by atoms with Crippen molar-refractivity contribution in [2.24, 2.45) is 5.73 Å². The Balaban J connectivity index is 1.26. The zero-order valence-electron chi connectivity index (χ0n) is 18.2. The van der Waals surface area contributed by atoms with Gasteiger partial charge in [0, 0.05) is 35.3 Å². The van der Waals surface area contributed by atoms with Crippen molar-refractivity contribution in [2.75, 3.05) is 5.73 Å². The Labute approximate surface area is 192 Å². The lowest BCUT2D eigenvalue weighted by Crippen LogP contribution is -2.17. The molecule has 7 nitrogen and oxygen atoms in total. The molecule has 4 aromatic rings. The lowest BCUT2D eigenvalue weighted by atomic mass is 9.95. The minimum absolute atomic E-state index is 0.442. The molecule has 7 heteroatoms. The maximum absolute atomic E-state index is 12.0. The molecule has 1 saturated carbocycles. The number of nitrogens with zero attached hydrogens (tertiary/aromatic N) is 3. The van der Waals surface area contributed by atoms with Crippen molar-refractivity contribution in [2.45, 2.75) is 31.5 Å². The van der Waals surface area contributed by atoms with Crippen molar-refractivity contribution >= 4 is 11.6 Å². The van der Waals surface area contributed by atoms with E-state index in [9.17, 15) is 4.79 Å². The maximum atomic E-state index is 12.0. The van der Waals surface area contributed by atoms with Crippen molar-refractivity contribution < 1.29 is 4.79 Å². The molecule has 1 heterocycles. The molecule has 1 aliphatic carbocycles. The third kappa shape index (κ3) is 4.63. The second-order valence-corrected chi connectivity index (χ2v) is 8.48. The molecule has 1 aromatic heterocycles. The Morgan fingerprint density at radius 2 is 1.82 bits per heavy atom. The number of para-hydroxylation sites is 1. The fraction of sp³-hybridized carbons (Fsp3) is 0.192. The van der Waals surface area contributed by atoms with Gasteiger partial charge in [-0.3, -0.25) is 4.79 Å². The van der Waals surface area contributed by atoms with Crippen LogP contribution < -0.4 is 16.8 Å². The smallest absolute Gasteiger partial charge is 0.249 e. The predicted octanol–water partition coefficient (Wildman–Crippen LogP) is 3.32. The average molecular weight is 439 g/mol. The molecule has 2 unspecified atom stereocenters. The van der Waals surface area contributed by atoms with E-state index in [-0.39, 0.29) is 0 Å². The highest BCUT2D eigenvalue weighted by Crippen LogP contribution is 2.40. The first-order valence-electron chi connectivity index (χ1n) is 11.0. The van der Waals surface area contributed by atoms with Gasteiger partial charge in [-0.05, 0) is 41.3 Å². The first-order valence-corrected chi connectivity index (χ1v) is 11.0. The van der Waals surface area contributed by atoms with Crippen LogP contribution in [0, 0.1) is 0 Å². The fourth-order valence-electron chi connectivity index (χ4n) is 4.28. The van der Waals surface area contributed by atoms with Crippen LogP contribution in [-0.4, -0.2) is 26.9 Å². The Morgan fingerprint density at radius 1 is 1.03 bits per heavy atom. The summed E-state index contributed by atoms with van der Waals surface area (Å²) in [5, 5.41) is 12.2. The lowest BCUT2D eigenvalue weighted by Gasteiger charge is -2.12. The van der Waals surface area contributed by atoms with Crippen LogP contribution in [0.4, 0.5) is 5.69 Å². The summed E-state index contributed by atoms with van der Waals surface area (Å²) >= 11 is 0. The number of nitrogen functional groups attached to an aromatic ring is 1. The van der Waals surface area contributed by atoms with Gasteiger partial charge in [-0.2, -0.15) is 0 Å². The van der Waals surface area contributed by atoms with E-state index >= 15 is 0 Å². The molecule has 5 N–H and O–H groups in total. The minimum atomic E-state index is -0.484. The van der Waals surface area contributed by atoms with E-state index in [0.29, 0.717) is 36.3 Å². The van der Waals surface area contributed by atoms with E-state index in [1.165, 1.54) is 5.56 Å². The minimum Gasteiger partial charge on any atom is -0.398 e. The van der Waals surface area contributed by atoms with Crippen molar-refractivity contribution in [3.05, 3.63) is 101 Å². The zero-order valence-corrected chi connectivity index (χ0v) is 18.2. The molecule has 0 radical (unpaired) electrons. The third-order valence-corrected chi connectivity index (χ3v) is 6.09. The SMILES string of the molecule is NC(=O)c1ccc(Cn2cc(CNC3CC3c3ccccc3)nn2)cc1-c1ccccc1N. The van der Waals surface area contributed by atoms with Gasteiger partial charge >= 0.3 is 0 Å². The molecular weight excluding hydrogens is 412 g/mol. The number of rotatable bonds is 8. The van der Waals surface area contributed by atoms with Crippen LogP contribution in [-0.2, 0) is 13.1 Å². The standard InChI is InChI=1S/C26H26N6O/c27-24-9-5-4-8-20(24)23-12-17(10-11-21(23)26(28)33)15-32-16-19(30-31-32)14-29-25-13-22(25)18-6-2-1-3-7-18/h1-12,16,22,25,29H,13-15,27H2,(H2,28,33). The largest absolute Gasteiger partial charge is 0.398 e. The van der Waals surface area contributed by atoms with Crippen molar-refractivity contribution in [3.8, 4) is 11.1 Å². The predicted molar refractivity (Wildman–Crippen MR) is 128 cm³/mol. The second-order valence-electron chi connectivity index (χ2n) is 8.48. The van der Waals surface area contributed by atoms with Crippen molar-refractivity contribution in [3.63, 3.8) is 0 Å². The summed E-state index contributed by atoms with van der Waals surface area (Å²) in [7, 11) is 0. The van der Waals surface area contributed by atoms with Crippen LogP contribution in [0.1, 0.15) is 39.5 Å². The van der Waals surface area contributed by atoms with Crippen LogP contribution in [0.3, 0.4) is 0 Å². The van der Waals surface area contributed by atoms with Gasteiger partial charge in [0.1, 0.15) is 0 Å². The molecular formula is C26H26N6O. The van der Waals surface area contributed by atoms with Crippen molar-refractivity contribution in [1.29, 1.82) is 0 Å². The van der Waals surface area contributed by atoms with Gasteiger partial charge in [-0.25, -0.2) is 4.68 Å². The first kappa shape index (κ1) is 20.9. The van der Waals surface area contributed by atoms with Crippen LogP contribution >= 0.6 is 0 Å². The van der Waals surface area contributed by atoms with Crippen LogP contribution in [0.5, 0.6) is 0 Å². The molecule has 0 saturated heterocycles. The number of hydrogen-bond acceptors (Lipinski definition) is 5. The second kappa shape index (κ2) is 8.88. The third-order valence-electron chi connectivity index (χ3n) is 6.09. The highest BCUT2D eigenvalue weighted by molar-refractivity contribution is 6.01. The number of aromatic nitrogens is 3. The van der Waals surface area contributed by atoms with Gasteiger partial charge in [0.2, 0.25) is 5.91 Å². The van der Waals surface area contributed by atoms with Crippen LogP contribution in [0.2, 0.25) is 0 Å². The number of nitrogens with one attached hydrogen (secondary N) is 1. The summed E-state index contributed by atoms with van der Waals surface area (Å²) in [4.78, 5) is 12.0. The van der Waals surface area contributed by atoms with Gasteiger partial charge in [0.15, 0.2) is 0 Å². The number of nitrogens with two attached hydrogens (primary N) is 2.